The number of nitrogens with one attached hydrogen (secondary N) is 2. The van der Waals surface area contributed by atoms with Crippen LogP contribution in [-0.4, -0.2) is 66.1 Å². The molecule has 0 saturated carbocycles. The molecule has 1 saturated heterocycles. The molecular formula is C34H29F3N4O6. The number of rotatable bonds is 3. The van der Waals surface area contributed by atoms with Crippen molar-refractivity contribution in [3.05, 3.63) is 108 Å². The minimum absolute atomic E-state index is 0.0160. The van der Waals surface area contributed by atoms with Crippen molar-refractivity contribution in [1.29, 1.82) is 0 Å². The average Bonchev–Trinajstić information content (AvgIpc) is 3.06. The van der Waals surface area contributed by atoms with Crippen molar-refractivity contribution in [1.82, 2.24) is 20.5 Å². The fourth-order valence-corrected chi connectivity index (χ4v) is 5.46. The van der Waals surface area contributed by atoms with E-state index in [0.717, 1.165) is 0 Å². The number of aromatic nitrogens is 1. The predicted octanol–water partition coefficient (Wildman–Crippen LogP) is 4.59. The van der Waals surface area contributed by atoms with Crippen molar-refractivity contribution in [2.45, 2.75) is 31.7 Å². The summed E-state index contributed by atoms with van der Waals surface area (Å²) in [6.45, 7) is -2.98. The Bertz CT molecular complexity index is 1790. The SMILES string of the molecule is O=C1COc2cccc(c2)-c2cncc(c2)C(=O)N[C@@H]2CN(C(=O)c3ccc(OC(F)F)cc3)CC[C@@H]2Oc2cc(F)cc(c2)CN1. The number of hydrogen-bond donors (Lipinski definition) is 2. The summed E-state index contributed by atoms with van der Waals surface area (Å²) in [5, 5.41) is 5.68. The maximum absolute atomic E-state index is 14.7. The molecule has 3 heterocycles. The van der Waals surface area contributed by atoms with Crippen LogP contribution in [0.2, 0.25) is 0 Å². The Kier molecular flexibility index (Phi) is 9.23. The molecule has 0 radical (unpaired) electrons. The van der Waals surface area contributed by atoms with E-state index in [-0.39, 0.29) is 61.2 Å². The van der Waals surface area contributed by atoms with E-state index in [0.29, 0.717) is 22.4 Å². The van der Waals surface area contributed by atoms with Crippen LogP contribution in [0.1, 0.15) is 32.7 Å². The lowest BCUT2D eigenvalue weighted by molar-refractivity contribution is -0.123. The van der Waals surface area contributed by atoms with Gasteiger partial charge in [0.05, 0.1) is 11.6 Å². The highest BCUT2D eigenvalue weighted by molar-refractivity contribution is 5.96. The van der Waals surface area contributed by atoms with Crippen molar-refractivity contribution < 1.29 is 41.8 Å². The van der Waals surface area contributed by atoms with E-state index in [4.69, 9.17) is 9.47 Å². The number of nitrogens with zero attached hydrogens (tertiary/aromatic N) is 2. The summed E-state index contributed by atoms with van der Waals surface area (Å²) >= 11 is 0. The number of carbonyl (C=O) groups excluding carboxylic acids is 3. The zero-order chi connectivity index (χ0) is 32.9. The van der Waals surface area contributed by atoms with Gasteiger partial charge in [0.2, 0.25) is 0 Å². The maximum atomic E-state index is 14.7. The first-order valence-corrected chi connectivity index (χ1v) is 14.8. The van der Waals surface area contributed by atoms with Crippen LogP contribution < -0.4 is 24.8 Å². The Morgan fingerprint density at radius 2 is 1.77 bits per heavy atom. The molecule has 6 rings (SSSR count). The molecule has 0 unspecified atom stereocenters. The van der Waals surface area contributed by atoms with Crippen molar-refractivity contribution >= 4 is 17.7 Å². The summed E-state index contributed by atoms with van der Waals surface area (Å²) in [5.41, 5.74) is 2.27. The summed E-state index contributed by atoms with van der Waals surface area (Å²) in [7, 11) is 0. The molecule has 4 aromatic rings. The summed E-state index contributed by atoms with van der Waals surface area (Å²) < 4.78 is 56.1. The van der Waals surface area contributed by atoms with Gasteiger partial charge in [0.25, 0.3) is 17.7 Å². The number of amides is 3. The second-order valence-corrected chi connectivity index (χ2v) is 11.0. The highest BCUT2D eigenvalue weighted by Gasteiger charge is 2.35. The van der Waals surface area contributed by atoms with Gasteiger partial charge in [0.1, 0.15) is 29.2 Å². The monoisotopic (exact) mass is 646 g/mol. The van der Waals surface area contributed by atoms with Gasteiger partial charge < -0.3 is 29.7 Å². The topological polar surface area (TPSA) is 119 Å². The molecule has 2 N–H and O–H groups in total. The highest BCUT2D eigenvalue weighted by atomic mass is 19.3. The number of halogens is 3. The summed E-state index contributed by atoms with van der Waals surface area (Å²) in [6, 6.07) is 17.3. The molecule has 3 amide bonds. The van der Waals surface area contributed by atoms with Crippen LogP contribution in [0.25, 0.3) is 11.1 Å². The maximum Gasteiger partial charge on any atom is 0.387 e. The third-order valence-electron chi connectivity index (χ3n) is 7.73. The van der Waals surface area contributed by atoms with Gasteiger partial charge in [0.15, 0.2) is 6.61 Å². The van der Waals surface area contributed by atoms with E-state index in [2.05, 4.69) is 20.4 Å². The largest absolute Gasteiger partial charge is 0.488 e. The number of fused-ring (bicyclic) bond motifs is 8. The van der Waals surface area contributed by atoms with Crippen LogP contribution in [0, 0.1) is 5.82 Å². The molecule has 47 heavy (non-hydrogen) atoms. The Labute approximate surface area is 267 Å². The Hall–Kier alpha value is -5.59. The third-order valence-corrected chi connectivity index (χ3v) is 7.73. The Morgan fingerprint density at radius 3 is 2.57 bits per heavy atom. The molecule has 2 aliphatic rings. The molecule has 3 aromatic carbocycles. The second kappa shape index (κ2) is 13.8. The van der Waals surface area contributed by atoms with Crippen LogP contribution >= 0.6 is 0 Å². The van der Waals surface area contributed by atoms with Crippen molar-refractivity contribution in [2.24, 2.45) is 0 Å². The number of hydrogen-bond acceptors (Lipinski definition) is 7. The second-order valence-electron chi connectivity index (χ2n) is 11.0. The number of alkyl halides is 2. The first kappa shape index (κ1) is 31.4. The number of benzene rings is 3. The van der Waals surface area contributed by atoms with E-state index < -0.39 is 36.4 Å². The van der Waals surface area contributed by atoms with Crippen molar-refractivity contribution in [3.63, 3.8) is 0 Å². The molecule has 1 aromatic heterocycles. The number of carbonyl (C=O) groups is 3. The van der Waals surface area contributed by atoms with E-state index in [1.54, 1.807) is 36.5 Å². The van der Waals surface area contributed by atoms with E-state index in [1.807, 2.05) is 6.07 Å². The summed E-state index contributed by atoms with van der Waals surface area (Å²) in [5.74, 6) is -1.32. The molecule has 0 aliphatic carbocycles. The van der Waals surface area contributed by atoms with Gasteiger partial charge in [-0.3, -0.25) is 19.4 Å². The van der Waals surface area contributed by atoms with E-state index in [9.17, 15) is 27.6 Å². The normalized spacial score (nSPS) is 18.3. The molecule has 13 heteroatoms. The number of likely N-dealkylation sites (tertiary alicyclic amines) is 1. The number of piperidine rings is 1. The van der Waals surface area contributed by atoms with Crippen LogP contribution in [0.5, 0.6) is 17.2 Å². The molecule has 242 valence electrons. The zero-order valence-electron chi connectivity index (χ0n) is 24.8. The van der Waals surface area contributed by atoms with Crippen LogP contribution in [-0.2, 0) is 11.3 Å². The fraction of sp³-hybridized carbons (Fsp3) is 0.235. The quantitative estimate of drug-likeness (QED) is 0.334. The fourth-order valence-electron chi connectivity index (χ4n) is 5.46. The minimum Gasteiger partial charge on any atom is -0.488 e. The van der Waals surface area contributed by atoms with Gasteiger partial charge in [-0.15, -0.1) is 0 Å². The molecule has 0 spiro atoms. The van der Waals surface area contributed by atoms with Gasteiger partial charge in [-0.1, -0.05) is 12.1 Å². The highest BCUT2D eigenvalue weighted by Crippen LogP contribution is 2.27. The number of ether oxygens (including phenoxy) is 3. The van der Waals surface area contributed by atoms with Gasteiger partial charge in [-0.25, -0.2) is 4.39 Å². The average molecular weight is 647 g/mol. The Morgan fingerprint density at radius 1 is 0.957 bits per heavy atom. The first-order chi connectivity index (χ1) is 22.7. The molecule has 1 fully saturated rings. The lowest BCUT2D eigenvalue weighted by Gasteiger charge is -2.39. The minimum atomic E-state index is -3.00. The molecule has 2 atom stereocenters. The number of pyridine rings is 1. The molecule has 2 aliphatic heterocycles. The zero-order valence-corrected chi connectivity index (χ0v) is 24.8. The predicted molar refractivity (Wildman–Crippen MR) is 163 cm³/mol. The van der Waals surface area contributed by atoms with Crippen molar-refractivity contribution in [2.75, 3.05) is 19.7 Å². The third kappa shape index (κ3) is 7.80. The Balaban J connectivity index is 1.30. The van der Waals surface area contributed by atoms with Crippen LogP contribution in [0.15, 0.2) is 85.2 Å². The van der Waals surface area contributed by atoms with Gasteiger partial charge in [-0.2, -0.15) is 8.78 Å². The summed E-state index contributed by atoms with van der Waals surface area (Å²) in [4.78, 5) is 45.3. The van der Waals surface area contributed by atoms with Crippen molar-refractivity contribution in [3.8, 4) is 28.4 Å². The van der Waals surface area contributed by atoms with Gasteiger partial charge in [-0.05, 0) is 65.7 Å². The van der Waals surface area contributed by atoms with E-state index >= 15 is 0 Å². The summed E-state index contributed by atoms with van der Waals surface area (Å²) in [6.07, 6.45) is 2.61. The lowest BCUT2D eigenvalue weighted by atomic mass is 9.99. The lowest BCUT2D eigenvalue weighted by Crippen LogP contribution is -2.58. The standard InChI is InChI=1S/C34H29F3N4O6/c35-25-10-20-11-28(14-25)46-30-8-9-41(33(44)21-4-6-26(7-5-21)47-34(36)37)18-29(30)40-32(43)24-12-23(16-38-17-24)22-2-1-3-27(13-22)45-19-31(42)39-15-20/h1-7,10-14,16-17,29-30,34H,8-9,15,18-19H2,(H,39,42)(H,40,43)/t29-,30+/m1/s1. The molecule has 10 nitrogen and oxygen atoms in total. The van der Waals surface area contributed by atoms with Gasteiger partial charge >= 0.3 is 6.61 Å². The molecular weight excluding hydrogens is 617 g/mol. The van der Waals surface area contributed by atoms with Crippen LogP contribution in [0.3, 0.4) is 0 Å². The van der Waals surface area contributed by atoms with Crippen LogP contribution in [0.4, 0.5) is 13.2 Å². The first-order valence-electron chi connectivity index (χ1n) is 14.8. The molecule has 6 bridgehead atoms. The van der Waals surface area contributed by atoms with E-state index in [1.165, 1.54) is 47.5 Å². The van der Waals surface area contributed by atoms with Gasteiger partial charge in [0, 0.05) is 55.6 Å². The smallest absolute Gasteiger partial charge is 0.387 e.